The predicted molar refractivity (Wildman–Crippen MR) is 140 cm³/mol. The van der Waals surface area contributed by atoms with Crippen LogP contribution in [0.4, 0.5) is 5.69 Å². The maximum Gasteiger partial charge on any atom is 0.158 e. The van der Waals surface area contributed by atoms with E-state index < -0.39 is 0 Å². The van der Waals surface area contributed by atoms with Gasteiger partial charge in [-0.2, -0.15) is 0 Å². The van der Waals surface area contributed by atoms with Gasteiger partial charge in [0.1, 0.15) is 6.10 Å². The monoisotopic (exact) mass is 451 g/mol. The molecule has 1 rings (SSSR count). The largest absolute Gasteiger partial charge is 0.483 e. The van der Waals surface area contributed by atoms with Gasteiger partial charge in [0, 0.05) is 19.7 Å². The molecule has 178 valence electrons. The highest BCUT2D eigenvalue weighted by Crippen LogP contribution is 2.36. The van der Waals surface area contributed by atoms with E-state index in [1.807, 2.05) is 45.1 Å². The van der Waals surface area contributed by atoms with Crippen molar-refractivity contribution in [2.75, 3.05) is 25.0 Å². The molecule has 0 spiro atoms. The number of hydrogen-bond acceptors (Lipinski definition) is 6. The normalized spacial score (nSPS) is 11.5. The van der Waals surface area contributed by atoms with Gasteiger partial charge in [0.25, 0.3) is 0 Å². The molecule has 0 heterocycles. The smallest absolute Gasteiger partial charge is 0.158 e. The average molecular weight is 452 g/mol. The third kappa shape index (κ3) is 15.7. The van der Waals surface area contributed by atoms with Crippen LogP contribution in [0.2, 0.25) is 0 Å². The molecule has 1 aromatic rings. The second-order valence-electron chi connectivity index (χ2n) is 6.61. The van der Waals surface area contributed by atoms with Gasteiger partial charge < -0.3 is 20.5 Å². The van der Waals surface area contributed by atoms with E-state index in [1.54, 1.807) is 0 Å². The highest BCUT2D eigenvalue weighted by atomic mass is 32.2. The van der Waals surface area contributed by atoms with E-state index in [9.17, 15) is 0 Å². The molecule has 1 atom stereocenters. The molecule has 6 heteroatoms. The van der Waals surface area contributed by atoms with Crippen LogP contribution in [0.1, 0.15) is 59.4 Å². The summed E-state index contributed by atoms with van der Waals surface area (Å²) in [6.45, 7) is 19.3. The first-order valence-electron chi connectivity index (χ1n) is 11.1. The van der Waals surface area contributed by atoms with E-state index in [4.69, 9.17) is 15.0 Å². The van der Waals surface area contributed by atoms with Gasteiger partial charge in [0.15, 0.2) is 5.75 Å². The van der Waals surface area contributed by atoms with Crippen LogP contribution in [-0.4, -0.2) is 30.9 Å². The number of nitrogens with two attached hydrogens (primary N) is 1. The SMILES string of the molecule is C/C=C\C=C/C(C)Oc1c(NCCCC)cc(CNCC)cc1SN.C=C.CCCO. The molecule has 0 saturated carbocycles. The molecule has 5 nitrogen and oxygen atoms in total. The van der Waals surface area contributed by atoms with E-state index in [0.717, 1.165) is 55.2 Å². The molecule has 0 aliphatic carbocycles. The van der Waals surface area contributed by atoms with Crippen LogP contribution in [0, 0.1) is 0 Å². The number of hydrogen-bond donors (Lipinski definition) is 4. The highest BCUT2D eigenvalue weighted by Gasteiger charge is 2.14. The number of ether oxygens (including phenoxy) is 1. The quantitative estimate of drug-likeness (QED) is 0.126. The molecule has 0 aromatic heterocycles. The van der Waals surface area contributed by atoms with Crippen molar-refractivity contribution < 1.29 is 9.84 Å². The molecule has 0 saturated heterocycles. The molecule has 31 heavy (non-hydrogen) atoms. The van der Waals surface area contributed by atoms with Crippen molar-refractivity contribution in [2.45, 2.75) is 71.4 Å². The molecule has 0 aliphatic heterocycles. The Morgan fingerprint density at radius 2 is 1.87 bits per heavy atom. The predicted octanol–water partition coefficient (Wildman–Crippen LogP) is 6.06. The molecule has 0 aliphatic rings. The van der Waals surface area contributed by atoms with Crippen LogP contribution >= 0.6 is 11.9 Å². The van der Waals surface area contributed by atoms with Gasteiger partial charge in [-0.25, -0.2) is 0 Å². The van der Waals surface area contributed by atoms with Gasteiger partial charge in [0.2, 0.25) is 0 Å². The minimum Gasteiger partial charge on any atom is -0.483 e. The number of benzene rings is 1. The summed E-state index contributed by atoms with van der Waals surface area (Å²) in [5, 5.41) is 20.7. The van der Waals surface area contributed by atoms with Gasteiger partial charge in [-0.05, 0) is 69.0 Å². The Bertz CT molecular complexity index is 605. The van der Waals surface area contributed by atoms with E-state index in [1.165, 1.54) is 17.5 Å². The molecule has 0 bridgehead atoms. The molecule has 1 unspecified atom stereocenters. The Morgan fingerprint density at radius 3 is 2.39 bits per heavy atom. The van der Waals surface area contributed by atoms with Gasteiger partial charge in [-0.1, -0.05) is 45.4 Å². The fraction of sp³-hybridized carbons (Fsp3) is 0.520. The minimum atomic E-state index is -0.0339. The summed E-state index contributed by atoms with van der Waals surface area (Å²) in [5.74, 6) is 0.835. The Morgan fingerprint density at radius 1 is 1.19 bits per heavy atom. The second-order valence-corrected chi connectivity index (χ2v) is 7.28. The van der Waals surface area contributed by atoms with Gasteiger partial charge in [-0.3, -0.25) is 5.14 Å². The number of nitrogens with one attached hydrogen (secondary N) is 2. The number of allylic oxidation sites excluding steroid dienone is 3. The summed E-state index contributed by atoms with van der Waals surface area (Å²) >= 11 is 1.24. The number of aliphatic hydroxyl groups excluding tert-OH is 1. The lowest BCUT2D eigenvalue weighted by Gasteiger charge is -2.20. The Hall–Kier alpha value is -1.73. The number of anilines is 1. The first-order valence-corrected chi connectivity index (χ1v) is 12.0. The van der Waals surface area contributed by atoms with Crippen molar-refractivity contribution in [3.05, 3.63) is 55.2 Å². The van der Waals surface area contributed by atoms with Crippen molar-refractivity contribution in [1.29, 1.82) is 0 Å². The topological polar surface area (TPSA) is 79.5 Å². The molecule has 0 fully saturated rings. The fourth-order valence-electron chi connectivity index (χ4n) is 2.33. The summed E-state index contributed by atoms with van der Waals surface area (Å²) in [6.07, 6.45) is 11.2. The standard InChI is InChI=1S/C20H33N3OS.C3H8O.C2H4/c1-5-8-10-11-16(4)24-20-18(23-12-9-6-2)13-17(15-22-7-3)14-19(20)25-21;1-2-3-4;1-2/h5,8,10-11,13-14,16,22-23H,6-7,9,12,15,21H2,1-4H3;4H,2-3H2,1H3;1-2H2/b8-5-,11-10-;;. The van der Waals surface area contributed by atoms with Crippen molar-refractivity contribution in [1.82, 2.24) is 5.32 Å². The Balaban J connectivity index is 0. The van der Waals surface area contributed by atoms with Crippen molar-refractivity contribution in [3.8, 4) is 5.75 Å². The lowest BCUT2D eigenvalue weighted by molar-refractivity contribution is 0.264. The first-order chi connectivity index (χ1) is 15.1. The number of unbranched alkanes of at least 4 members (excludes halogenated alkanes) is 1. The molecule has 0 amide bonds. The Labute approximate surface area is 195 Å². The lowest BCUT2D eigenvalue weighted by atomic mass is 10.1. The number of aliphatic hydroxyl groups is 1. The zero-order chi connectivity index (χ0) is 23.9. The van der Waals surface area contributed by atoms with Crippen LogP contribution in [0.25, 0.3) is 0 Å². The van der Waals surface area contributed by atoms with Crippen LogP contribution in [0.5, 0.6) is 5.75 Å². The summed E-state index contributed by atoms with van der Waals surface area (Å²) in [7, 11) is 0. The second kappa shape index (κ2) is 22.9. The highest BCUT2D eigenvalue weighted by molar-refractivity contribution is 7.97. The molecule has 5 N–H and O–H groups in total. The third-order valence-electron chi connectivity index (χ3n) is 3.88. The van der Waals surface area contributed by atoms with E-state index in [2.05, 4.69) is 49.8 Å². The van der Waals surface area contributed by atoms with Crippen molar-refractivity contribution in [3.63, 3.8) is 0 Å². The fourth-order valence-corrected chi connectivity index (χ4v) is 2.81. The van der Waals surface area contributed by atoms with E-state index in [0.29, 0.717) is 6.61 Å². The third-order valence-corrected chi connectivity index (χ3v) is 4.44. The maximum absolute atomic E-state index is 7.88. The first kappa shape index (κ1) is 31.5. The van der Waals surface area contributed by atoms with Gasteiger partial charge >= 0.3 is 0 Å². The summed E-state index contributed by atoms with van der Waals surface area (Å²) < 4.78 is 6.20. The number of rotatable bonds is 13. The summed E-state index contributed by atoms with van der Waals surface area (Å²) in [4.78, 5) is 0.959. The van der Waals surface area contributed by atoms with Crippen LogP contribution in [-0.2, 0) is 6.54 Å². The maximum atomic E-state index is 7.88. The van der Waals surface area contributed by atoms with Crippen molar-refractivity contribution >= 4 is 17.6 Å². The average Bonchev–Trinajstić information content (AvgIpc) is 2.80. The molecular formula is C25H45N3O2S. The molecule has 1 aromatic carbocycles. The van der Waals surface area contributed by atoms with Crippen molar-refractivity contribution in [2.24, 2.45) is 5.14 Å². The Kier molecular flexibility index (Phi) is 23.3. The van der Waals surface area contributed by atoms with Crippen LogP contribution in [0.3, 0.4) is 0 Å². The lowest BCUT2D eigenvalue weighted by Crippen LogP contribution is -2.15. The zero-order valence-corrected chi connectivity index (χ0v) is 21.1. The zero-order valence-electron chi connectivity index (χ0n) is 20.2. The molecule has 0 radical (unpaired) electrons. The van der Waals surface area contributed by atoms with Crippen LogP contribution < -0.4 is 20.5 Å². The minimum absolute atomic E-state index is 0.0339. The summed E-state index contributed by atoms with van der Waals surface area (Å²) in [5.41, 5.74) is 2.22. The van der Waals surface area contributed by atoms with Crippen LogP contribution in [0.15, 0.2) is 54.5 Å². The van der Waals surface area contributed by atoms with E-state index in [-0.39, 0.29) is 6.10 Å². The van der Waals surface area contributed by atoms with E-state index >= 15 is 0 Å². The van der Waals surface area contributed by atoms with Gasteiger partial charge in [-0.15, -0.1) is 13.2 Å². The molecular weight excluding hydrogens is 406 g/mol. The van der Waals surface area contributed by atoms with Gasteiger partial charge in [0.05, 0.1) is 10.6 Å². The summed E-state index contributed by atoms with van der Waals surface area (Å²) in [6, 6.07) is 4.27.